The van der Waals surface area contributed by atoms with Gasteiger partial charge in [-0.15, -0.1) is 0 Å². The number of hydrogen-bond acceptors (Lipinski definition) is 2. The highest BCUT2D eigenvalue weighted by molar-refractivity contribution is 5.69. The number of rotatable bonds is 2. The average Bonchev–Trinajstić information content (AvgIpc) is 3.04. The zero-order chi connectivity index (χ0) is 16.1. The first kappa shape index (κ1) is 14.5. The number of aryl methyl sites for hydroxylation is 1. The molecule has 4 rings (SSSR count). The number of benzene rings is 2. The molecule has 0 N–H and O–H groups in total. The molecule has 2 heterocycles. The predicted molar refractivity (Wildman–Crippen MR) is 95.7 cm³/mol. The number of para-hydroxylation sites is 1. The van der Waals surface area contributed by atoms with Gasteiger partial charge in [0.1, 0.15) is 0 Å². The quantitative estimate of drug-likeness (QED) is 0.808. The second-order valence-electron chi connectivity index (χ2n) is 7.09. The maximum atomic E-state index is 6.35. The van der Waals surface area contributed by atoms with Crippen molar-refractivity contribution in [2.45, 2.75) is 31.9 Å². The van der Waals surface area contributed by atoms with Crippen LogP contribution in [-0.2, 0) is 10.2 Å². The van der Waals surface area contributed by atoms with Crippen molar-refractivity contribution in [2.24, 2.45) is 0 Å². The topological polar surface area (TPSA) is 12.5 Å². The van der Waals surface area contributed by atoms with E-state index in [0.29, 0.717) is 0 Å². The third-order valence-corrected chi connectivity index (χ3v) is 5.35. The monoisotopic (exact) mass is 305 g/mol. The van der Waals surface area contributed by atoms with Crippen LogP contribution in [0.3, 0.4) is 0 Å². The number of fused-ring (bicyclic) bond motifs is 3. The molecule has 0 spiro atoms. The Hall–Kier alpha value is -2.06. The Balaban J connectivity index is 1.80. The zero-order valence-electron chi connectivity index (χ0n) is 14.0. The second kappa shape index (κ2) is 4.97. The first-order chi connectivity index (χ1) is 11.0. The molecule has 0 bridgehead atoms. The molecule has 2 aromatic rings. The fraction of sp³-hybridized carbons (Fsp3) is 0.333. The lowest BCUT2D eigenvalue weighted by Crippen LogP contribution is -2.51. The zero-order valence-corrected chi connectivity index (χ0v) is 14.0. The lowest BCUT2D eigenvalue weighted by atomic mass is 9.77. The minimum atomic E-state index is -0.388. The smallest absolute Gasteiger partial charge is 0.170 e. The van der Waals surface area contributed by atoms with Crippen LogP contribution in [0.4, 0.5) is 5.69 Å². The van der Waals surface area contributed by atoms with Gasteiger partial charge in [0, 0.05) is 17.6 Å². The SMILES string of the molecule is Cc1cccc(C=CC23OCCN2c2ccccc2C3(C)C)c1. The highest BCUT2D eigenvalue weighted by Gasteiger charge is 2.58. The van der Waals surface area contributed by atoms with Crippen LogP contribution in [0.15, 0.2) is 54.6 Å². The predicted octanol–water partition coefficient (Wildman–Crippen LogP) is 4.53. The normalized spacial score (nSPS) is 24.9. The number of nitrogens with zero attached hydrogens (tertiary/aromatic N) is 1. The fourth-order valence-corrected chi connectivity index (χ4v) is 4.11. The molecule has 118 valence electrons. The molecule has 2 nitrogen and oxygen atoms in total. The number of anilines is 1. The van der Waals surface area contributed by atoms with Gasteiger partial charge in [0.25, 0.3) is 0 Å². The highest BCUT2D eigenvalue weighted by Crippen LogP contribution is 2.54. The van der Waals surface area contributed by atoms with Crippen molar-refractivity contribution < 1.29 is 4.74 Å². The van der Waals surface area contributed by atoms with Gasteiger partial charge in [0.2, 0.25) is 0 Å². The lowest BCUT2D eigenvalue weighted by Gasteiger charge is -2.39. The van der Waals surface area contributed by atoms with E-state index in [0.717, 1.165) is 13.2 Å². The molecule has 1 fully saturated rings. The molecule has 0 radical (unpaired) electrons. The average molecular weight is 305 g/mol. The Morgan fingerprint density at radius 3 is 2.74 bits per heavy atom. The van der Waals surface area contributed by atoms with Crippen LogP contribution in [0.25, 0.3) is 6.08 Å². The molecular formula is C21H23NO. The molecular weight excluding hydrogens is 282 g/mol. The summed E-state index contributed by atoms with van der Waals surface area (Å²) in [6.45, 7) is 8.42. The van der Waals surface area contributed by atoms with Crippen LogP contribution in [0.2, 0.25) is 0 Å². The third-order valence-electron chi connectivity index (χ3n) is 5.35. The van der Waals surface area contributed by atoms with Gasteiger partial charge < -0.3 is 9.64 Å². The van der Waals surface area contributed by atoms with E-state index in [1.807, 2.05) is 0 Å². The molecule has 0 amide bonds. The van der Waals surface area contributed by atoms with E-state index in [4.69, 9.17) is 4.74 Å². The fourth-order valence-electron chi connectivity index (χ4n) is 4.11. The highest BCUT2D eigenvalue weighted by atomic mass is 16.5. The van der Waals surface area contributed by atoms with E-state index >= 15 is 0 Å². The molecule has 23 heavy (non-hydrogen) atoms. The Morgan fingerprint density at radius 1 is 1.09 bits per heavy atom. The van der Waals surface area contributed by atoms with Crippen molar-refractivity contribution in [3.05, 3.63) is 71.3 Å². The van der Waals surface area contributed by atoms with Gasteiger partial charge in [0.05, 0.1) is 6.61 Å². The maximum Gasteiger partial charge on any atom is 0.170 e. The van der Waals surface area contributed by atoms with Crippen LogP contribution in [0, 0.1) is 6.92 Å². The molecule has 2 aromatic carbocycles. The van der Waals surface area contributed by atoms with Crippen LogP contribution < -0.4 is 4.90 Å². The Labute approximate surface area is 138 Å². The van der Waals surface area contributed by atoms with Crippen molar-refractivity contribution >= 4 is 11.8 Å². The van der Waals surface area contributed by atoms with Crippen molar-refractivity contribution in [1.29, 1.82) is 0 Å². The summed E-state index contributed by atoms with van der Waals surface area (Å²) < 4.78 is 6.35. The molecule has 1 atom stereocenters. The first-order valence-electron chi connectivity index (χ1n) is 8.32. The first-order valence-corrected chi connectivity index (χ1v) is 8.32. The van der Waals surface area contributed by atoms with Gasteiger partial charge in [-0.3, -0.25) is 0 Å². The molecule has 0 aromatic heterocycles. The summed E-state index contributed by atoms with van der Waals surface area (Å²) in [6, 6.07) is 17.3. The van der Waals surface area contributed by atoms with Gasteiger partial charge in [-0.1, -0.05) is 68.0 Å². The van der Waals surface area contributed by atoms with E-state index in [2.05, 4.69) is 86.4 Å². The summed E-state index contributed by atoms with van der Waals surface area (Å²) in [4.78, 5) is 2.43. The van der Waals surface area contributed by atoms with Gasteiger partial charge >= 0.3 is 0 Å². The molecule has 0 saturated carbocycles. The summed E-state index contributed by atoms with van der Waals surface area (Å²) >= 11 is 0. The van der Waals surface area contributed by atoms with Crippen LogP contribution >= 0.6 is 0 Å². The van der Waals surface area contributed by atoms with E-state index in [1.165, 1.54) is 22.4 Å². The molecule has 2 aliphatic heterocycles. The third kappa shape index (κ3) is 1.98. The minimum absolute atomic E-state index is 0.0829. The Morgan fingerprint density at radius 2 is 1.91 bits per heavy atom. The van der Waals surface area contributed by atoms with Crippen molar-refractivity contribution in [3.63, 3.8) is 0 Å². The Kier molecular flexibility index (Phi) is 3.14. The standard InChI is InChI=1S/C21H23NO/c1-16-7-6-8-17(15-16)11-12-21-20(2,3)18-9-4-5-10-19(18)22(21)13-14-23-21/h4-12,15H,13-14H2,1-3H3. The summed E-state index contributed by atoms with van der Waals surface area (Å²) in [5, 5.41) is 0. The van der Waals surface area contributed by atoms with E-state index in [-0.39, 0.29) is 11.1 Å². The van der Waals surface area contributed by atoms with Crippen molar-refractivity contribution in [2.75, 3.05) is 18.1 Å². The molecule has 1 saturated heterocycles. The molecule has 2 aliphatic rings. The van der Waals surface area contributed by atoms with E-state index < -0.39 is 0 Å². The largest absolute Gasteiger partial charge is 0.349 e. The number of ether oxygens (including phenoxy) is 1. The van der Waals surface area contributed by atoms with Gasteiger partial charge in [0.15, 0.2) is 5.72 Å². The van der Waals surface area contributed by atoms with E-state index in [9.17, 15) is 0 Å². The van der Waals surface area contributed by atoms with Gasteiger partial charge in [-0.05, 0) is 30.2 Å². The van der Waals surface area contributed by atoms with Crippen LogP contribution in [0.1, 0.15) is 30.5 Å². The molecule has 0 aliphatic carbocycles. The van der Waals surface area contributed by atoms with Crippen molar-refractivity contribution in [3.8, 4) is 0 Å². The minimum Gasteiger partial charge on any atom is -0.349 e. The van der Waals surface area contributed by atoms with Crippen LogP contribution in [0.5, 0.6) is 0 Å². The maximum absolute atomic E-state index is 6.35. The van der Waals surface area contributed by atoms with E-state index in [1.54, 1.807) is 0 Å². The summed E-state index contributed by atoms with van der Waals surface area (Å²) in [5.41, 5.74) is 4.71. The molecule has 1 unspecified atom stereocenters. The number of hydrogen-bond donors (Lipinski definition) is 0. The van der Waals surface area contributed by atoms with Crippen molar-refractivity contribution in [1.82, 2.24) is 0 Å². The van der Waals surface area contributed by atoms with Crippen LogP contribution in [-0.4, -0.2) is 18.9 Å². The Bertz CT molecular complexity index is 777. The van der Waals surface area contributed by atoms with Gasteiger partial charge in [-0.25, -0.2) is 0 Å². The summed E-state index contributed by atoms with van der Waals surface area (Å²) in [6.07, 6.45) is 4.47. The lowest BCUT2D eigenvalue weighted by molar-refractivity contribution is 0.000337. The molecule has 2 heteroatoms. The van der Waals surface area contributed by atoms with Gasteiger partial charge in [-0.2, -0.15) is 0 Å². The second-order valence-corrected chi connectivity index (χ2v) is 7.09. The summed E-state index contributed by atoms with van der Waals surface area (Å²) in [5.74, 6) is 0. The summed E-state index contributed by atoms with van der Waals surface area (Å²) in [7, 11) is 0.